The average molecular weight is 289 g/mol. The lowest BCUT2D eigenvalue weighted by atomic mass is 10.1. The van der Waals surface area contributed by atoms with E-state index < -0.39 is 23.6 Å². The molecule has 0 saturated heterocycles. The van der Waals surface area contributed by atoms with Crippen molar-refractivity contribution in [3.8, 4) is 0 Å². The summed E-state index contributed by atoms with van der Waals surface area (Å²) in [4.78, 5) is 11.7. The molecule has 1 rings (SSSR count). The first-order chi connectivity index (χ1) is 8.74. The van der Waals surface area contributed by atoms with Crippen LogP contribution in [-0.4, -0.2) is 18.2 Å². The number of amides is 1. The van der Waals surface area contributed by atoms with Gasteiger partial charge in [0.25, 0.3) is 0 Å². The van der Waals surface area contributed by atoms with Gasteiger partial charge in [-0.25, -0.2) is 9.18 Å². The molecule has 0 fully saturated rings. The molecule has 19 heavy (non-hydrogen) atoms. The molecule has 1 aromatic rings. The fraction of sp³-hybridized carbons (Fsp3) is 0.462. The van der Waals surface area contributed by atoms with Gasteiger partial charge in [0.15, 0.2) is 0 Å². The predicted octanol–water partition coefficient (Wildman–Crippen LogP) is 3.00. The second-order valence-corrected chi connectivity index (χ2v) is 5.48. The summed E-state index contributed by atoms with van der Waals surface area (Å²) in [6, 6.07) is 3.87. The Morgan fingerprint density at radius 1 is 1.53 bits per heavy atom. The number of ether oxygens (including phenoxy) is 1. The predicted molar refractivity (Wildman–Crippen MR) is 72.6 cm³/mol. The number of benzene rings is 1. The summed E-state index contributed by atoms with van der Waals surface area (Å²) >= 11 is 5.70. The van der Waals surface area contributed by atoms with Crippen molar-refractivity contribution in [3.63, 3.8) is 0 Å². The molecule has 0 aliphatic heterocycles. The van der Waals surface area contributed by atoms with Gasteiger partial charge >= 0.3 is 6.09 Å². The van der Waals surface area contributed by atoms with E-state index >= 15 is 0 Å². The molecule has 0 spiro atoms. The molecule has 1 amide bonds. The van der Waals surface area contributed by atoms with E-state index in [-0.39, 0.29) is 17.1 Å². The molecule has 1 atom stereocenters. The monoisotopic (exact) mass is 288 g/mol. The number of carbonyl (C=O) groups excluding carboxylic acids is 1. The zero-order chi connectivity index (χ0) is 14.6. The normalized spacial score (nSPS) is 12.9. The van der Waals surface area contributed by atoms with Crippen molar-refractivity contribution in [2.45, 2.75) is 32.4 Å². The summed E-state index contributed by atoms with van der Waals surface area (Å²) in [5.41, 5.74) is 5.16. The van der Waals surface area contributed by atoms with Crippen molar-refractivity contribution in [2.75, 3.05) is 6.54 Å². The number of halogens is 2. The lowest BCUT2D eigenvalue weighted by Gasteiger charge is -2.23. The summed E-state index contributed by atoms with van der Waals surface area (Å²) in [7, 11) is 0. The van der Waals surface area contributed by atoms with E-state index in [1.165, 1.54) is 12.1 Å². The zero-order valence-electron chi connectivity index (χ0n) is 11.2. The van der Waals surface area contributed by atoms with Crippen LogP contribution in [-0.2, 0) is 4.74 Å². The van der Waals surface area contributed by atoms with Crippen LogP contribution in [0.1, 0.15) is 32.4 Å². The van der Waals surface area contributed by atoms with Gasteiger partial charge in [-0.2, -0.15) is 0 Å². The van der Waals surface area contributed by atoms with Crippen LogP contribution >= 0.6 is 11.6 Å². The minimum absolute atomic E-state index is 0.0121. The number of nitrogens with one attached hydrogen (secondary N) is 1. The first kappa shape index (κ1) is 15.7. The van der Waals surface area contributed by atoms with Crippen LogP contribution in [0.4, 0.5) is 9.18 Å². The van der Waals surface area contributed by atoms with Gasteiger partial charge in [0, 0.05) is 12.1 Å². The standard InChI is InChI=1S/C13H18ClFN2O2/c1-13(2,3)19-12(18)17-10(7-16)8-5-4-6-9(14)11(8)15/h4-6,10H,7,16H2,1-3H3,(H,17,18). The van der Waals surface area contributed by atoms with Gasteiger partial charge in [0.2, 0.25) is 0 Å². The molecule has 0 radical (unpaired) electrons. The summed E-state index contributed by atoms with van der Waals surface area (Å²) < 4.78 is 18.9. The van der Waals surface area contributed by atoms with Crippen molar-refractivity contribution < 1.29 is 13.9 Å². The Bertz CT molecular complexity index is 460. The van der Waals surface area contributed by atoms with E-state index in [0.29, 0.717) is 0 Å². The topological polar surface area (TPSA) is 64.3 Å². The Balaban J connectivity index is 2.84. The molecule has 4 nitrogen and oxygen atoms in total. The Morgan fingerprint density at radius 2 is 2.16 bits per heavy atom. The number of nitrogens with two attached hydrogens (primary N) is 1. The number of alkyl carbamates (subject to hydrolysis) is 1. The fourth-order valence-electron chi connectivity index (χ4n) is 1.50. The molecule has 3 N–H and O–H groups in total. The highest BCUT2D eigenvalue weighted by Gasteiger charge is 2.22. The van der Waals surface area contributed by atoms with Crippen molar-refractivity contribution in [2.24, 2.45) is 5.73 Å². The largest absolute Gasteiger partial charge is 0.444 e. The molecule has 0 saturated carbocycles. The third-order valence-corrected chi connectivity index (χ3v) is 2.58. The zero-order valence-corrected chi connectivity index (χ0v) is 11.9. The lowest BCUT2D eigenvalue weighted by molar-refractivity contribution is 0.0504. The highest BCUT2D eigenvalue weighted by molar-refractivity contribution is 6.30. The maximum atomic E-state index is 13.8. The number of hydrogen-bond acceptors (Lipinski definition) is 3. The molecular formula is C13H18ClFN2O2. The molecule has 6 heteroatoms. The van der Waals surface area contributed by atoms with Crippen molar-refractivity contribution >= 4 is 17.7 Å². The number of rotatable bonds is 3. The highest BCUT2D eigenvalue weighted by atomic mass is 35.5. The molecule has 0 bridgehead atoms. The van der Waals surface area contributed by atoms with Crippen LogP contribution in [0, 0.1) is 5.82 Å². The summed E-state index contributed by atoms with van der Waals surface area (Å²) in [5.74, 6) is -0.587. The maximum absolute atomic E-state index is 13.8. The van der Waals surface area contributed by atoms with Gasteiger partial charge < -0.3 is 15.8 Å². The molecule has 0 aliphatic rings. The Kier molecular flexibility index (Phi) is 5.14. The van der Waals surface area contributed by atoms with Crippen LogP contribution in [0.25, 0.3) is 0 Å². The second kappa shape index (κ2) is 6.21. The molecule has 1 aromatic carbocycles. The van der Waals surface area contributed by atoms with Gasteiger partial charge in [-0.15, -0.1) is 0 Å². The second-order valence-electron chi connectivity index (χ2n) is 5.08. The molecule has 0 aromatic heterocycles. The number of carbonyl (C=O) groups is 1. The quantitative estimate of drug-likeness (QED) is 0.898. The van der Waals surface area contributed by atoms with Crippen molar-refractivity contribution in [1.82, 2.24) is 5.32 Å². The smallest absolute Gasteiger partial charge is 0.408 e. The van der Waals surface area contributed by atoms with E-state index in [4.69, 9.17) is 22.1 Å². The number of hydrogen-bond donors (Lipinski definition) is 2. The van der Waals surface area contributed by atoms with Crippen LogP contribution in [0.3, 0.4) is 0 Å². The maximum Gasteiger partial charge on any atom is 0.408 e. The summed E-state index contributed by atoms with van der Waals surface area (Å²) in [6.45, 7) is 5.26. The highest BCUT2D eigenvalue weighted by Crippen LogP contribution is 2.23. The van der Waals surface area contributed by atoms with Gasteiger partial charge in [-0.1, -0.05) is 23.7 Å². The van der Waals surface area contributed by atoms with E-state index in [1.807, 2.05) is 0 Å². The van der Waals surface area contributed by atoms with Crippen LogP contribution in [0.15, 0.2) is 18.2 Å². The van der Waals surface area contributed by atoms with Gasteiger partial charge in [0.1, 0.15) is 11.4 Å². The summed E-state index contributed by atoms with van der Waals surface area (Å²) in [6.07, 6.45) is -0.651. The van der Waals surface area contributed by atoms with Gasteiger partial charge in [0.05, 0.1) is 11.1 Å². The minimum Gasteiger partial charge on any atom is -0.444 e. The molecule has 0 aliphatic carbocycles. The Labute approximate surface area is 117 Å². The van der Waals surface area contributed by atoms with Crippen molar-refractivity contribution in [3.05, 3.63) is 34.6 Å². The Hall–Kier alpha value is -1.33. The van der Waals surface area contributed by atoms with Crippen LogP contribution in [0.5, 0.6) is 0 Å². The van der Waals surface area contributed by atoms with Crippen LogP contribution < -0.4 is 11.1 Å². The summed E-state index contributed by atoms with van der Waals surface area (Å²) in [5, 5.41) is 2.51. The van der Waals surface area contributed by atoms with E-state index in [9.17, 15) is 9.18 Å². The van der Waals surface area contributed by atoms with Gasteiger partial charge in [-0.05, 0) is 26.8 Å². The molecule has 0 heterocycles. The molecule has 106 valence electrons. The van der Waals surface area contributed by atoms with E-state index in [1.54, 1.807) is 26.8 Å². The van der Waals surface area contributed by atoms with Gasteiger partial charge in [-0.3, -0.25) is 0 Å². The fourth-order valence-corrected chi connectivity index (χ4v) is 1.68. The lowest BCUT2D eigenvalue weighted by Crippen LogP contribution is -2.38. The third kappa shape index (κ3) is 4.69. The first-order valence-corrected chi connectivity index (χ1v) is 6.26. The molecular weight excluding hydrogens is 271 g/mol. The van der Waals surface area contributed by atoms with E-state index in [0.717, 1.165) is 0 Å². The van der Waals surface area contributed by atoms with E-state index in [2.05, 4.69) is 5.32 Å². The first-order valence-electron chi connectivity index (χ1n) is 5.88. The van der Waals surface area contributed by atoms with Crippen molar-refractivity contribution in [1.29, 1.82) is 0 Å². The third-order valence-electron chi connectivity index (χ3n) is 2.28. The average Bonchev–Trinajstić information content (AvgIpc) is 2.27. The minimum atomic E-state index is -0.687. The Morgan fingerprint density at radius 3 is 2.68 bits per heavy atom. The van der Waals surface area contributed by atoms with Crippen LogP contribution in [0.2, 0.25) is 5.02 Å². The molecule has 1 unspecified atom stereocenters. The SMILES string of the molecule is CC(C)(C)OC(=O)NC(CN)c1cccc(Cl)c1F.